The van der Waals surface area contributed by atoms with E-state index in [9.17, 15) is 31.1 Å². The van der Waals surface area contributed by atoms with Crippen molar-refractivity contribution in [3.63, 3.8) is 0 Å². The average Bonchev–Trinajstić information content (AvgIpc) is 3.62. The minimum absolute atomic E-state index is 0.0524. The van der Waals surface area contributed by atoms with Crippen LogP contribution in [0.1, 0.15) is 36.0 Å². The van der Waals surface area contributed by atoms with Crippen LogP contribution in [0.15, 0.2) is 72.8 Å². The van der Waals surface area contributed by atoms with Crippen molar-refractivity contribution in [1.82, 2.24) is 10.6 Å². The van der Waals surface area contributed by atoms with E-state index in [0.29, 0.717) is 24.5 Å². The van der Waals surface area contributed by atoms with Gasteiger partial charge in [-0.05, 0) is 53.8 Å². The molecule has 1 fully saturated rings. The van der Waals surface area contributed by atoms with Crippen LogP contribution in [0.3, 0.4) is 0 Å². The number of rotatable bonds is 10. The number of nitrogens with one attached hydrogen (secondary N) is 2. The van der Waals surface area contributed by atoms with Gasteiger partial charge in [0.25, 0.3) is 0 Å². The quantitative estimate of drug-likeness (QED) is 0.224. The Kier molecular flexibility index (Phi) is 7.82. The predicted molar refractivity (Wildman–Crippen MR) is 132 cm³/mol. The van der Waals surface area contributed by atoms with E-state index in [2.05, 4.69) is 21.3 Å². The molecule has 3 aromatic rings. The van der Waals surface area contributed by atoms with Gasteiger partial charge in [0.2, 0.25) is 0 Å². The second-order valence-corrected chi connectivity index (χ2v) is 9.46. The zero-order chi connectivity index (χ0) is 28.3. The van der Waals surface area contributed by atoms with Crippen LogP contribution < -0.4 is 15.4 Å². The molecule has 0 saturated heterocycles. The number of hydrogen-bond donors (Lipinski definition) is 2. The molecular formula is C29H24F6N2O2. The van der Waals surface area contributed by atoms with E-state index >= 15 is 0 Å². The van der Waals surface area contributed by atoms with E-state index in [1.807, 2.05) is 0 Å². The Morgan fingerprint density at radius 3 is 2.23 bits per heavy atom. The van der Waals surface area contributed by atoms with E-state index in [4.69, 9.17) is 6.42 Å². The first-order valence-corrected chi connectivity index (χ1v) is 12.0. The molecule has 1 aliphatic rings. The van der Waals surface area contributed by atoms with E-state index in [1.165, 1.54) is 12.1 Å². The van der Waals surface area contributed by atoms with Crippen LogP contribution in [0.2, 0.25) is 0 Å². The maximum absolute atomic E-state index is 14.8. The van der Waals surface area contributed by atoms with Gasteiger partial charge in [-0.25, -0.2) is 13.6 Å². The standard InChI is InChI=1S/C29H24F6N2O2/c1-2-12-27(13-14-27)36-26(38)37-28(18-19-6-4-3-5-7-19,20-8-10-22(30)11-9-20)21-15-23(31)17-24(16-21)39-29(34,35)25(32)33/h1,3-11,15-17,25H,12-14,18H2,(H2,36,37,38)/t28-/m1/s1. The predicted octanol–water partition coefficient (Wildman–Crippen LogP) is 6.54. The molecule has 1 saturated carbocycles. The molecule has 204 valence electrons. The van der Waals surface area contributed by atoms with E-state index in [-0.39, 0.29) is 24.0 Å². The highest BCUT2D eigenvalue weighted by Crippen LogP contribution is 2.40. The summed E-state index contributed by atoms with van der Waals surface area (Å²) in [5.74, 6) is -0.0527. The third kappa shape index (κ3) is 6.48. The van der Waals surface area contributed by atoms with Gasteiger partial charge >= 0.3 is 18.6 Å². The van der Waals surface area contributed by atoms with Crippen molar-refractivity contribution < 1.29 is 35.9 Å². The molecule has 0 heterocycles. The summed E-state index contributed by atoms with van der Waals surface area (Å²) in [6.07, 6.45) is -2.16. The minimum Gasteiger partial charge on any atom is -0.428 e. The molecule has 0 spiro atoms. The molecule has 1 aliphatic carbocycles. The van der Waals surface area contributed by atoms with Gasteiger partial charge in [-0.1, -0.05) is 42.5 Å². The number of hydrogen-bond acceptors (Lipinski definition) is 2. The monoisotopic (exact) mass is 546 g/mol. The van der Waals surface area contributed by atoms with Crippen LogP contribution >= 0.6 is 0 Å². The largest absolute Gasteiger partial charge is 0.461 e. The fraction of sp³-hybridized carbons (Fsp3) is 0.276. The number of terminal acetylenes is 1. The highest BCUT2D eigenvalue weighted by Gasteiger charge is 2.46. The summed E-state index contributed by atoms with van der Waals surface area (Å²) in [6, 6.07) is 15.3. The molecular weight excluding hydrogens is 522 g/mol. The summed E-state index contributed by atoms with van der Waals surface area (Å²) in [5, 5.41) is 5.66. The van der Waals surface area contributed by atoms with Crippen molar-refractivity contribution in [3.8, 4) is 18.1 Å². The zero-order valence-electron chi connectivity index (χ0n) is 20.5. The molecule has 39 heavy (non-hydrogen) atoms. The summed E-state index contributed by atoms with van der Waals surface area (Å²) in [4.78, 5) is 13.4. The highest BCUT2D eigenvalue weighted by molar-refractivity contribution is 5.77. The van der Waals surface area contributed by atoms with Crippen LogP contribution in [0.5, 0.6) is 5.75 Å². The van der Waals surface area contributed by atoms with E-state index < -0.39 is 47.0 Å². The fourth-order valence-electron chi connectivity index (χ4n) is 4.42. The number of benzene rings is 3. The van der Waals surface area contributed by atoms with Crippen LogP contribution in [-0.2, 0) is 12.0 Å². The number of carbonyl (C=O) groups is 1. The summed E-state index contributed by atoms with van der Waals surface area (Å²) in [7, 11) is 0. The van der Waals surface area contributed by atoms with Gasteiger partial charge in [0.05, 0.1) is 11.1 Å². The third-order valence-corrected chi connectivity index (χ3v) is 6.52. The van der Waals surface area contributed by atoms with Crippen molar-refractivity contribution >= 4 is 6.03 Å². The molecule has 0 aromatic heterocycles. The van der Waals surface area contributed by atoms with Gasteiger partial charge in [0.15, 0.2) is 0 Å². The van der Waals surface area contributed by atoms with Crippen molar-refractivity contribution in [2.75, 3.05) is 0 Å². The number of halogens is 6. The van der Waals surface area contributed by atoms with Crippen molar-refractivity contribution in [1.29, 1.82) is 0 Å². The number of alkyl halides is 4. The molecule has 0 radical (unpaired) electrons. The molecule has 4 rings (SSSR count). The number of amides is 2. The summed E-state index contributed by atoms with van der Waals surface area (Å²) in [6.45, 7) is 0. The van der Waals surface area contributed by atoms with E-state index in [1.54, 1.807) is 30.3 Å². The molecule has 0 aliphatic heterocycles. The second-order valence-electron chi connectivity index (χ2n) is 9.46. The number of urea groups is 1. The molecule has 3 aromatic carbocycles. The van der Waals surface area contributed by atoms with Crippen molar-refractivity contribution in [2.24, 2.45) is 0 Å². The zero-order valence-corrected chi connectivity index (χ0v) is 20.5. The molecule has 0 bridgehead atoms. The summed E-state index contributed by atoms with van der Waals surface area (Å²) < 4.78 is 86.1. The summed E-state index contributed by atoms with van der Waals surface area (Å²) >= 11 is 0. The average molecular weight is 547 g/mol. The van der Waals surface area contributed by atoms with Crippen LogP contribution in [0, 0.1) is 24.0 Å². The van der Waals surface area contributed by atoms with Crippen molar-refractivity contribution in [2.45, 2.75) is 49.3 Å². The van der Waals surface area contributed by atoms with Crippen LogP contribution in [0.25, 0.3) is 0 Å². The smallest absolute Gasteiger partial charge is 0.428 e. The van der Waals surface area contributed by atoms with Crippen molar-refractivity contribution in [3.05, 3.63) is 101 Å². The first kappa shape index (κ1) is 27.9. The molecule has 10 heteroatoms. The first-order valence-electron chi connectivity index (χ1n) is 12.0. The lowest BCUT2D eigenvalue weighted by molar-refractivity contribution is -0.253. The highest BCUT2D eigenvalue weighted by atomic mass is 19.3. The summed E-state index contributed by atoms with van der Waals surface area (Å²) in [5.41, 5.74) is -1.52. The Morgan fingerprint density at radius 1 is 0.974 bits per heavy atom. The molecule has 2 N–H and O–H groups in total. The fourth-order valence-corrected chi connectivity index (χ4v) is 4.42. The van der Waals surface area contributed by atoms with Gasteiger partial charge in [0, 0.05) is 18.9 Å². The Balaban J connectivity index is 1.87. The lowest BCUT2D eigenvalue weighted by Gasteiger charge is -2.37. The maximum Gasteiger partial charge on any atom is 0.461 e. The van der Waals surface area contributed by atoms with Gasteiger partial charge in [-0.15, -0.1) is 12.3 Å². The molecule has 0 unspecified atom stereocenters. The van der Waals surface area contributed by atoms with Gasteiger partial charge in [-0.3, -0.25) is 0 Å². The number of carbonyl (C=O) groups excluding carboxylic acids is 1. The number of ether oxygens (including phenoxy) is 1. The third-order valence-electron chi connectivity index (χ3n) is 6.52. The topological polar surface area (TPSA) is 50.4 Å². The van der Waals surface area contributed by atoms with Crippen LogP contribution in [0.4, 0.5) is 31.1 Å². The Bertz CT molecular complexity index is 1350. The Labute approximate surface area is 221 Å². The van der Waals surface area contributed by atoms with E-state index in [0.717, 1.165) is 24.3 Å². The Morgan fingerprint density at radius 2 is 1.64 bits per heavy atom. The van der Waals surface area contributed by atoms with Gasteiger partial charge in [-0.2, -0.15) is 17.6 Å². The Hall–Kier alpha value is -4.13. The molecule has 1 atom stereocenters. The van der Waals surface area contributed by atoms with Crippen LogP contribution in [-0.4, -0.2) is 24.1 Å². The van der Waals surface area contributed by atoms with Gasteiger partial charge < -0.3 is 15.4 Å². The minimum atomic E-state index is -4.90. The normalized spacial score (nSPS) is 15.6. The second kappa shape index (κ2) is 10.9. The SMILES string of the molecule is C#CCC1(NC(=O)N[C@](Cc2ccccc2)(c2ccc(F)cc2)c2cc(F)cc(OC(F)(F)C(F)F)c2)CC1. The lowest BCUT2D eigenvalue weighted by atomic mass is 9.77. The van der Waals surface area contributed by atoms with Gasteiger partial charge in [0.1, 0.15) is 17.4 Å². The molecule has 2 amide bonds. The molecule has 4 nitrogen and oxygen atoms in total. The lowest BCUT2D eigenvalue weighted by Crippen LogP contribution is -2.54. The first-order chi connectivity index (χ1) is 18.5. The maximum atomic E-state index is 14.8.